The van der Waals surface area contributed by atoms with Gasteiger partial charge < -0.3 is 9.47 Å². The average molecular weight is 413 g/mol. The van der Waals surface area contributed by atoms with Gasteiger partial charge in [-0.25, -0.2) is 14.0 Å². The van der Waals surface area contributed by atoms with Crippen LogP contribution in [0.5, 0.6) is 11.6 Å². The number of amides is 1. The molecule has 3 aromatic rings. The topological polar surface area (TPSA) is 119 Å². The number of carbonyl (C=O) groups is 1. The molecule has 9 nitrogen and oxygen atoms in total. The summed E-state index contributed by atoms with van der Waals surface area (Å²) in [6.07, 6.45) is 4.15. The Kier molecular flexibility index (Phi) is 4.93. The van der Waals surface area contributed by atoms with Crippen LogP contribution in [0.4, 0.5) is 0 Å². The van der Waals surface area contributed by atoms with E-state index in [1.165, 1.54) is 19.2 Å². The van der Waals surface area contributed by atoms with Gasteiger partial charge in [0.15, 0.2) is 9.92 Å². The van der Waals surface area contributed by atoms with Gasteiger partial charge in [-0.05, 0) is 29.8 Å². The number of rotatable bonds is 6. The van der Waals surface area contributed by atoms with Crippen LogP contribution in [0.1, 0.15) is 21.6 Å². The molecule has 1 amide bonds. The summed E-state index contributed by atoms with van der Waals surface area (Å²) in [5.74, 6) is -0.0639. The molecular weight excluding hydrogens is 394 g/mol. The molecule has 0 saturated carbocycles. The Labute approximate surface area is 167 Å². The number of nitrogens with one attached hydrogen (secondary N) is 2. The fourth-order valence-corrected chi connectivity index (χ4v) is 4.31. The number of carbonyl (C=O) groups excluding carboxylic acids is 1. The molecule has 0 fully saturated rings. The first-order valence-electron chi connectivity index (χ1n) is 8.85. The smallest absolute Gasteiger partial charge is 0.282 e. The predicted octanol–water partition coefficient (Wildman–Crippen LogP) is 2.02. The molecule has 1 aliphatic rings. The van der Waals surface area contributed by atoms with Crippen LogP contribution < -0.4 is 14.2 Å². The zero-order chi connectivity index (χ0) is 20.4. The molecule has 0 spiro atoms. The van der Waals surface area contributed by atoms with Crippen LogP contribution in [0.3, 0.4) is 0 Å². The Bertz CT molecular complexity index is 1160. The van der Waals surface area contributed by atoms with Gasteiger partial charge in [0, 0.05) is 24.4 Å². The molecule has 4 rings (SSSR count). The second-order valence-electron chi connectivity index (χ2n) is 6.40. The van der Waals surface area contributed by atoms with E-state index < -0.39 is 15.8 Å². The normalized spacial score (nSPS) is 14.5. The number of aromatic nitrogens is 3. The number of para-hydroxylation sites is 1. The number of pyridine rings is 1. The summed E-state index contributed by atoms with van der Waals surface area (Å²) in [5.41, 5.74) is 1.60. The minimum atomic E-state index is -3.62. The lowest BCUT2D eigenvalue weighted by Crippen LogP contribution is -2.30. The van der Waals surface area contributed by atoms with Gasteiger partial charge in [0.05, 0.1) is 20.3 Å². The minimum absolute atomic E-state index is 0.000430. The number of hydrogen-bond donors (Lipinski definition) is 2. The number of hydrogen-bond acceptors (Lipinski definition) is 7. The molecule has 3 heterocycles. The average Bonchev–Trinajstić information content (AvgIpc) is 3.39. The van der Waals surface area contributed by atoms with E-state index in [1.807, 2.05) is 6.07 Å². The third-order valence-corrected chi connectivity index (χ3v) is 5.89. The standard InChI is InChI=1S/C19H19N5O4S/c1-27-19-14(12-24-10-3-9-21-24)6-7-15(22-19)18(25)23-29(20,26)16-5-2-4-13-8-11-28-17(13)16/h2-7,9-10H,8,11-12H2,1H3,(H2,20,23,25,26). The molecule has 29 heavy (non-hydrogen) atoms. The van der Waals surface area contributed by atoms with E-state index in [2.05, 4.69) is 14.8 Å². The SMILES string of the molecule is COc1nc(C(=O)NS(=N)(=O)c2cccc3c2OCC3)ccc1Cn1cccn1. The lowest BCUT2D eigenvalue weighted by Gasteiger charge is -2.14. The van der Waals surface area contributed by atoms with Crippen molar-refractivity contribution in [1.29, 1.82) is 4.78 Å². The van der Waals surface area contributed by atoms with Gasteiger partial charge in [0.1, 0.15) is 16.3 Å². The van der Waals surface area contributed by atoms with E-state index in [-0.39, 0.29) is 16.5 Å². The van der Waals surface area contributed by atoms with E-state index in [0.717, 1.165) is 11.1 Å². The van der Waals surface area contributed by atoms with E-state index in [1.54, 1.807) is 35.3 Å². The van der Waals surface area contributed by atoms with Gasteiger partial charge in [0.25, 0.3) is 5.91 Å². The molecule has 0 aliphatic carbocycles. The maximum atomic E-state index is 12.9. The highest BCUT2D eigenvalue weighted by Gasteiger charge is 2.25. The highest BCUT2D eigenvalue weighted by molar-refractivity contribution is 7.91. The van der Waals surface area contributed by atoms with Crippen molar-refractivity contribution in [3.63, 3.8) is 0 Å². The molecule has 1 aromatic carbocycles. The van der Waals surface area contributed by atoms with Crippen LogP contribution in [0, 0.1) is 4.78 Å². The molecule has 1 atom stereocenters. The third-order valence-electron chi connectivity index (χ3n) is 4.48. The van der Waals surface area contributed by atoms with E-state index in [4.69, 9.17) is 14.3 Å². The van der Waals surface area contributed by atoms with Gasteiger partial charge in [-0.3, -0.25) is 14.2 Å². The van der Waals surface area contributed by atoms with E-state index in [0.29, 0.717) is 25.3 Å². The van der Waals surface area contributed by atoms with Gasteiger partial charge >= 0.3 is 0 Å². The molecule has 2 N–H and O–H groups in total. The van der Waals surface area contributed by atoms with Crippen LogP contribution in [0.25, 0.3) is 0 Å². The third kappa shape index (κ3) is 3.79. The molecule has 150 valence electrons. The van der Waals surface area contributed by atoms with Crippen molar-refractivity contribution in [3.05, 3.63) is 65.6 Å². The Balaban J connectivity index is 1.57. The summed E-state index contributed by atoms with van der Waals surface area (Å²) >= 11 is 0. The largest absolute Gasteiger partial charge is 0.492 e. The Morgan fingerprint density at radius 1 is 1.34 bits per heavy atom. The first-order chi connectivity index (χ1) is 14.0. The maximum absolute atomic E-state index is 12.9. The van der Waals surface area contributed by atoms with Crippen LogP contribution >= 0.6 is 0 Å². The number of benzene rings is 1. The summed E-state index contributed by atoms with van der Waals surface area (Å²) in [4.78, 5) is 17.0. The lowest BCUT2D eigenvalue weighted by molar-refractivity contribution is 0.0976. The van der Waals surface area contributed by atoms with Gasteiger partial charge in [-0.15, -0.1) is 0 Å². The second-order valence-corrected chi connectivity index (χ2v) is 8.16. The van der Waals surface area contributed by atoms with Crippen molar-refractivity contribution < 1.29 is 18.5 Å². The zero-order valence-corrected chi connectivity index (χ0v) is 16.4. The van der Waals surface area contributed by atoms with Gasteiger partial charge in [-0.1, -0.05) is 12.1 Å². The fraction of sp³-hybridized carbons (Fsp3) is 0.211. The molecule has 2 aromatic heterocycles. The molecule has 1 aliphatic heterocycles. The number of ether oxygens (including phenoxy) is 2. The van der Waals surface area contributed by atoms with Crippen molar-refractivity contribution in [3.8, 4) is 11.6 Å². The highest BCUT2D eigenvalue weighted by Crippen LogP contribution is 2.32. The van der Waals surface area contributed by atoms with Crippen LogP contribution in [-0.2, 0) is 22.9 Å². The van der Waals surface area contributed by atoms with Crippen molar-refractivity contribution in [2.24, 2.45) is 0 Å². The van der Waals surface area contributed by atoms with Gasteiger partial charge in [-0.2, -0.15) is 5.10 Å². The number of fused-ring (bicyclic) bond motifs is 1. The van der Waals surface area contributed by atoms with Crippen LogP contribution in [-0.4, -0.2) is 38.6 Å². The molecule has 1 unspecified atom stereocenters. The predicted molar refractivity (Wildman–Crippen MR) is 104 cm³/mol. The second kappa shape index (κ2) is 7.55. The first-order valence-corrected chi connectivity index (χ1v) is 10.4. The summed E-state index contributed by atoms with van der Waals surface area (Å²) < 4.78 is 36.0. The zero-order valence-electron chi connectivity index (χ0n) is 15.6. The summed E-state index contributed by atoms with van der Waals surface area (Å²) in [7, 11) is -2.17. The van der Waals surface area contributed by atoms with Crippen molar-refractivity contribution in [2.45, 2.75) is 17.9 Å². The fourth-order valence-electron chi connectivity index (χ4n) is 3.11. The number of methoxy groups -OCH3 is 1. The Morgan fingerprint density at radius 2 is 2.21 bits per heavy atom. The van der Waals surface area contributed by atoms with Crippen molar-refractivity contribution >= 4 is 15.8 Å². The summed E-state index contributed by atoms with van der Waals surface area (Å²) in [6.45, 7) is 0.889. The Morgan fingerprint density at radius 3 is 2.97 bits per heavy atom. The van der Waals surface area contributed by atoms with E-state index >= 15 is 0 Å². The van der Waals surface area contributed by atoms with Crippen LogP contribution in [0.2, 0.25) is 0 Å². The summed E-state index contributed by atoms with van der Waals surface area (Å²) in [6, 6.07) is 10.1. The van der Waals surface area contributed by atoms with Crippen molar-refractivity contribution in [1.82, 2.24) is 19.5 Å². The molecule has 0 radical (unpaired) electrons. The molecule has 0 bridgehead atoms. The Hall–Kier alpha value is -3.40. The monoisotopic (exact) mass is 413 g/mol. The van der Waals surface area contributed by atoms with E-state index in [9.17, 15) is 9.00 Å². The quantitative estimate of drug-likeness (QED) is 0.638. The first kappa shape index (κ1) is 18.9. The number of nitrogens with zero attached hydrogens (tertiary/aromatic N) is 3. The van der Waals surface area contributed by atoms with Gasteiger partial charge in [0.2, 0.25) is 5.88 Å². The molecule has 10 heteroatoms. The maximum Gasteiger partial charge on any atom is 0.282 e. The van der Waals surface area contributed by atoms with Crippen molar-refractivity contribution in [2.75, 3.05) is 13.7 Å². The molecule has 0 saturated heterocycles. The minimum Gasteiger partial charge on any atom is -0.492 e. The summed E-state index contributed by atoms with van der Waals surface area (Å²) in [5, 5.41) is 4.13. The van der Waals surface area contributed by atoms with Crippen LogP contribution in [0.15, 0.2) is 53.7 Å². The lowest BCUT2D eigenvalue weighted by atomic mass is 10.2. The molecular formula is C19H19N5O4S. The highest BCUT2D eigenvalue weighted by atomic mass is 32.2.